The minimum Gasteiger partial charge on any atom is -0.351 e. The van der Waals surface area contributed by atoms with Gasteiger partial charge in [0.15, 0.2) is 5.78 Å². The van der Waals surface area contributed by atoms with E-state index in [1.165, 1.54) is 18.2 Å². The molecule has 0 rings (SSSR count). The third-order valence-electron chi connectivity index (χ3n) is 2.43. The summed E-state index contributed by atoms with van der Waals surface area (Å²) in [6, 6.07) is 0. The molecule has 0 aromatic rings. The molecule has 0 saturated carbocycles. The number of hydrogen-bond acceptors (Lipinski definition) is 4. The largest absolute Gasteiger partial charge is 0.351 e. The number of carbonyl (C=O) groups excluding carboxylic acids is 3. The molecule has 110 valence electrons. The van der Waals surface area contributed by atoms with Gasteiger partial charge in [-0.15, -0.1) is 0 Å². The Morgan fingerprint density at radius 1 is 0.850 bits per heavy atom. The van der Waals surface area contributed by atoms with Gasteiger partial charge in [0.25, 0.3) is 0 Å². The lowest BCUT2D eigenvalue weighted by Crippen LogP contribution is -2.41. The molecular formula is C14H21N3O3. The van der Waals surface area contributed by atoms with E-state index >= 15 is 0 Å². The van der Waals surface area contributed by atoms with Gasteiger partial charge in [0.2, 0.25) is 11.8 Å². The van der Waals surface area contributed by atoms with E-state index in [2.05, 4.69) is 30.4 Å². The molecule has 0 radical (unpaired) electrons. The molecule has 0 aromatic carbocycles. The molecule has 0 aliphatic heterocycles. The molecule has 0 unspecified atom stereocenters. The van der Waals surface area contributed by atoms with Crippen LogP contribution in [0.1, 0.15) is 0 Å². The summed E-state index contributed by atoms with van der Waals surface area (Å²) in [5.41, 5.74) is 0. The topological polar surface area (TPSA) is 78.5 Å². The maximum atomic E-state index is 11.4. The second-order valence-electron chi connectivity index (χ2n) is 3.94. The van der Waals surface area contributed by atoms with E-state index in [1.54, 1.807) is 0 Å². The highest BCUT2D eigenvalue weighted by molar-refractivity contribution is 5.90. The normalized spacial score (nSPS) is 9.65. The first-order chi connectivity index (χ1) is 9.53. The summed E-state index contributed by atoms with van der Waals surface area (Å²) in [6.45, 7) is 12.1. The van der Waals surface area contributed by atoms with E-state index in [-0.39, 0.29) is 24.1 Å². The minimum absolute atomic E-state index is 0.116. The van der Waals surface area contributed by atoms with Gasteiger partial charge in [0.1, 0.15) is 0 Å². The zero-order valence-corrected chi connectivity index (χ0v) is 11.6. The van der Waals surface area contributed by atoms with Crippen LogP contribution >= 0.6 is 0 Å². The van der Waals surface area contributed by atoms with Gasteiger partial charge in [-0.2, -0.15) is 0 Å². The Labute approximate surface area is 119 Å². The van der Waals surface area contributed by atoms with Crippen LogP contribution in [0.15, 0.2) is 38.0 Å². The number of ketones is 1. The Hall–Kier alpha value is -2.21. The minimum atomic E-state index is -0.264. The van der Waals surface area contributed by atoms with Crippen LogP contribution in [0.2, 0.25) is 0 Å². The molecule has 6 heteroatoms. The van der Waals surface area contributed by atoms with Crippen molar-refractivity contribution in [3.63, 3.8) is 0 Å². The van der Waals surface area contributed by atoms with Gasteiger partial charge in [0.05, 0.1) is 6.54 Å². The summed E-state index contributed by atoms with van der Waals surface area (Å²) in [7, 11) is 0. The average molecular weight is 279 g/mol. The van der Waals surface area contributed by atoms with Crippen LogP contribution in [-0.2, 0) is 14.4 Å². The van der Waals surface area contributed by atoms with Gasteiger partial charge in [0, 0.05) is 26.2 Å². The van der Waals surface area contributed by atoms with Gasteiger partial charge in [-0.1, -0.05) is 19.7 Å². The van der Waals surface area contributed by atoms with Gasteiger partial charge >= 0.3 is 0 Å². The lowest BCUT2D eigenvalue weighted by Gasteiger charge is -2.21. The van der Waals surface area contributed by atoms with Crippen molar-refractivity contribution >= 4 is 17.6 Å². The van der Waals surface area contributed by atoms with Crippen molar-refractivity contribution in [2.75, 3.05) is 32.7 Å². The van der Waals surface area contributed by atoms with Crippen molar-refractivity contribution in [2.45, 2.75) is 0 Å². The molecule has 0 spiro atoms. The van der Waals surface area contributed by atoms with Crippen molar-refractivity contribution < 1.29 is 14.4 Å². The standard InChI is InChI=1S/C14H21N3O3/c1-4-12(18)11-17(9-7-15-13(19)5-2)10-8-16-14(20)6-3/h4-6H,1-3,7-11H2,(H,15,19)(H,16,20). The van der Waals surface area contributed by atoms with Gasteiger partial charge in [-0.3, -0.25) is 19.3 Å². The van der Waals surface area contributed by atoms with Crippen LogP contribution < -0.4 is 10.6 Å². The second kappa shape index (κ2) is 10.7. The molecule has 0 aliphatic rings. The van der Waals surface area contributed by atoms with Gasteiger partial charge < -0.3 is 10.6 Å². The molecule has 0 aliphatic carbocycles. The maximum Gasteiger partial charge on any atom is 0.243 e. The Balaban J connectivity index is 4.18. The summed E-state index contributed by atoms with van der Waals surface area (Å²) < 4.78 is 0. The number of carbonyl (C=O) groups is 3. The first-order valence-electron chi connectivity index (χ1n) is 6.21. The molecule has 0 bridgehead atoms. The summed E-state index contributed by atoms with van der Waals surface area (Å²) in [5, 5.41) is 5.25. The zero-order valence-electron chi connectivity index (χ0n) is 11.6. The molecular weight excluding hydrogens is 258 g/mol. The molecule has 2 amide bonds. The molecule has 20 heavy (non-hydrogen) atoms. The predicted molar refractivity (Wildman–Crippen MR) is 78.1 cm³/mol. The van der Waals surface area contributed by atoms with Gasteiger partial charge in [-0.25, -0.2) is 0 Å². The smallest absolute Gasteiger partial charge is 0.243 e. The Morgan fingerprint density at radius 3 is 1.65 bits per heavy atom. The summed E-state index contributed by atoms with van der Waals surface area (Å²) >= 11 is 0. The van der Waals surface area contributed by atoms with E-state index in [9.17, 15) is 14.4 Å². The molecule has 6 nitrogen and oxygen atoms in total. The summed E-state index contributed by atoms with van der Waals surface area (Å²) in [4.78, 5) is 35.2. The number of hydrogen-bond donors (Lipinski definition) is 2. The van der Waals surface area contributed by atoms with Crippen LogP contribution in [-0.4, -0.2) is 55.2 Å². The fourth-order valence-electron chi connectivity index (χ4n) is 1.37. The fraction of sp³-hybridized carbons (Fsp3) is 0.357. The van der Waals surface area contributed by atoms with E-state index in [1.807, 2.05) is 4.90 Å². The van der Waals surface area contributed by atoms with E-state index in [4.69, 9.17) is 0 Å². The third kappa shape index (κ3) is 8.82. The van der Waals surface area contributed by atoms with E-state index < -0.39 is 0 Å². The number of nitrogens with one attached hydrogen (secondary N) is 2. The molecule has 2 N–H and O–H groups in total. The van der Waals surface area contributed by atoms with Crippen molar-refractivity contribution in [3.8, 4) is 0 Å². The molecule has 0 aromatic heterocycles. The second-order valence-corrected chi connectivity index (χ2v) is 3.94. The van der Waals surface area contributed by atoms with Crippen molar-refractivity contribution in [1.29, 1.82) is 0 Å². The first-order valence-corrected chi connectivity index (χ1v) is 6.21. The molecule has 0 heterocycles. The molecule has 0 atom stereocenters. The van der Waals surface area contributed by atoms with Crippen LogP contribution in [0, 0.1) is 0 Å². The highest BCUT2D eigenvalue weighted by atomic mass is 16.2. The molecule has 0 saturated heterocycles. The fourth-order valence-corrected chi connectivity index (χ4v) is 1.37. The number of nitrogens with zero attached hydrogens (tertiary/aromatic N) is 1. The Morgan fingerprint density at radius 2 is 1.30 bits per heavy atom. The predicted octanol–water partition coefficient (Wildman–Crippen LogP) is -0.352. The van der Waals surface area contributed by atoms with E-state index in [0.29, 0.717) is 26.2 Å². The van der Waals surface area contributed by atoms with Crippen molar-refractivity contribution in [3.05, 3.63) is 38.0 Å². The lowest BCUT2D eigenvalue weighted by molar-refractivity contribution is -0.117. The highest BCUT2D eigenvalue weighted by Gasteiger charge is 2.09. The van der Waals surface area contributed by atoms with Crippen LogP contribution in [0.25, 0.3) is 0 Å². The maximum absolute atomic E-state index is 11.4. The SMILES string of the molecule is C=CC(=O)CN(CCNC(=O)C=C)CCNC(=O)C=C. The molecule has 0 fully saturated rings. The average Bonchev–Trinajstić information content (AvgIpc) is 2.46. The van der Waals surface area contributed by atoms with Crippen LogP contribution in [0.4, 0.5) is 0 Å². The van der Waals surface area contributed by atoms with E-state index in [0.717, 1.165) is 0 Å². The highest BCUT2D eigenvalue weighted by Crippen LogP contribution is 1.89. The number of rotatable bonds is 11. The first kappa shape index (κ1) is 17.8. The summed E-state index contributed by atoms with van der Waals surface area (Å²) in [6.07, 6.45) is 3.62. The van der Waals surface area contributed by atoms with Crippen molar-refractivity contribution in [2.24, 2.45) is 0 Å². The zero-order chi connectivity index (χ0) is 15.4. The van der Waals surface area contributed by atoms with Crippen LogP contribution in [0.3, 0.4) is 0 Å². The van der Waals surface area contributed by atoms with Gasteiger partial charge in [-0.05, 0) is 18.2 Å². The Bertz CT molecular complexity index is 365. The Kier molecular flexibility index (Phi) is 9.51. The number of amides is 2. The lowest BCUT2D eigenvalue weighted by atomic mass is 10.3. The summed E-state index contributed by atoms with van der Waals surface area (Å²) in [5.74, 6) is -0.644. The monoisotopic (exact) mass is 279 g/mol. The third-order valence-corrected chi connectivity index (χ3v) is 2.43. The van der Waals surface area contributed by atoms with Crippen molar-refractivity contribution in [1.82, 2.24) is 15.5 Å². The quantitative estimate of drug-likeness (QED) is 0.507. The van der Waals surface area contributed by atoms with Crippen LogP contribution in [0.5, 0.6) is 0 Å².